The van der Waals surface area contributed by atoms with E-state index in [1.165, 1.54) is 32.1 Å². The topological polar surface area (TPSA) is 27.6 Å². The summed E-state index contributed by atoms with van der Waals surface area (Å²) < 4.78 is 0. The first-order valence-electron chi connectivity index (χ1n) is 5.01. The van der Waals surface area contributed by atoms with Crippen molar-refractivity contribution in [1.82, 2.24) is 0 Å². The number of quaternary nitrogens is 1. The van der Waals surface area contributed by atoms with Crippen molar-refractivity contribution in [2.75, 3.05) is 0 Å². The Labute approximate surface area is 71.4 Å². The van der Waals surface area contributed by atoms with Crippen LogP contribution < -0.4 is 5.73 Å². The van der Waals surface area contributed by atoms with Crippen LogP contribution in [0.2, 0.25) is 0 Å². The fourth-order valence-electron chi connectivity index (χ4n) is 1.17. The highest BCUT2D eigenvalue weighted by atomic mass is 14.6. The molecule has 0 aromatic heterocycles. The van der Waals surface area contributed by atoms with Gasteiger partial charge in [0, 0.05) is 5.92 Å². The molecule has 0 heterocycles. The van der Waals surface area contributed by atoms with E-state index >= 15 is 0 Å². The van der Waals surface area contributed by atoms with Crippen molar-refractivity contribution < 1.29 is 5.73 Å². The van der Waals surface area contributed by atoms with Crippen LogP contribution in [0.15, 0.2) is 0 Å². The summed E-state index contributed by atoms with van der Waals surface area (Å²) in [5.74, 6) is 0.761. The maximum atomic E-state index is 4.14. The Morgan fingerprint density at radius 3 is 2.18 bits per heavy atom. The number of hydrogen-bond donors (Lipinski definition) is 1. The summed E-state index contributed by atoms with van der Waals surface area (Å²) in [6, 6.07) is 0.673. The Bertz CT molecular complexity index is 78.9. The lowest BCUT2D eigenvalue weighted by Gasteiger charge is -2.11. The van der Waals surface area contributed by atoms with Gasteiger partial charge < -0.3 is 5.73 Å². The maximum absolute atomic E-state index is 4.14. The van der Waals surface area contributed by atoms with Crippen molar-refractivity contribution in [3.63, 3.8) is 0 Å². The van der Waals surface area contributed by atoms with E-state index in [9.17, 15) is 0 Å². The predicted molar refractivity (Wildman–Crippen MR) is 50.3 cm³/mol. The molecule has 0 saturated carbocycles. The van der Waals surface area contributed by atoms with Gasteiger partial charge in [-0.3, -0.25) is 0 Å². The smallest absolute Gasteiger partial charge is 0.0866 e. The fourth-order valence-corrected chi connectivity index (χ4v) is 1.17. The lowest BCUT2D eigenvalue weighted by Crippen LogP contribution is -2.63. The molecule has 0 bridgehead atoms. The van der Waals surface area contributed by atoms with E-state index in [0.29, 0.717) is 6.04 Å². The van der Waals surface area contributed by atoms with Crippen LogP contribution in [-0.2, 0) is 0 Å². The zero-order valence-corrected chi connectivity index (χ0v) is 8.40. The highest BCUT2D eigenvalue weighted by Crippen LogP contribution is 2.08. The monoisotopic (exact) mass is 158 g/mol. The summed E-state index contributed by atoms with van der Waals surface area (Å²) in [4.78, 5) is 0. The van der Waals surface area contributed by atoms with E-state index in [0.717, 1.165) is 5.92 Å². The highest BCUT2D eigenvalue weighted by Gasteiger charge is 2.09. The van der Waals surface area contributed by atoms with E-state index in [1.54, 1.807) is 0 Å². The molecule has 0 aromatic rings. The molecular weight excluding hydrogens is 134 g/mol. The van der Waals surface area contributed by atoms with Crippen LogP contribution in [0.1, 0.15) is 52.9 Å². The molecule has 0 fully saturated rings. The third-order valence-corrected chi connectivity index (χ3v) is 2.37. The van der Waals surface area contributed by atoms with Gasteiger partial charge in [-0.25, -0.2) is 0 Å². The molecular formula is C10H24N+. The molecule has 1 heteroatoms. The molecule has 1 atom stereocenters. The standard InChI is InChI=1S/C10H23N/c1-4-5-6-7-8-10(11)9(2)3/h9-10H,4-8,11H2,1-3H3/p+1. The van der Waals surface area contributed by atoms with Gasteiger partial charge in [0.1, 0.15) is 0 Å². The Hall–Kier alpha value is -0.0400. The second-order valence-electron chi connectivity index (χ2n) is 3.85. The molecule has 0 radical (unpaired) electrons. The first-order chi connectivity index (χ1) is 5.18. The first-order valence-corrected chi connectivity index (χ1v) is 5.01. The largest absolute Gasteiger partial charge is 0.355 e. The van der Waals surface area contributed by atoms with Crippen molar-refractivity contribution in [3.05, 3.63) is 0 Å². The lowest BCUT2D eigenvalue weighted by atomic mass is 9.99. The minimum atomic E-state index is 0.673. The van der Waals surface area contributed by atoms with Gasteiger partial charge in [0.15, 0.2) is 0 Å². The van der Waals surface area contributed by atoms with Gasteiger partial charge >= 0.3 is 0 Å². The summed E-state index contributed by atoms with van der Waals surface area (Å²) in [5.41, 5.74) is 4.14. The molecule has 0 aliphatic rings. The second-order valence-corrected chi connectivity index (χ2v) is 3.85. The number of unbranched alkanes of at least 4 members (excludes halogenated alkanes) is 3. The molecule has 0 aliphatic heterocycles. The molecule has 0 aliphatic carbocycles. The summed E-state index contributed by atoms with van der Waals surface area (Å²) in [7, 11) is 0. The third-order valence-electron chi connectivity index (χ3n) is 2.37. The summed E-state index contributed by atoms with van der Waals surface area (Å²) in [6.07, 6.45) is 6.82. The molecule has 68 valence electrons. The molecule has 0 spiro atoms. The van der Waals surface area contributed by atoms with Crippen molar-refractivity contribution in [3.8, 4) is 0 Å². The van der Waals surface area contributed by atoms with Gasteiger partial charge in [-0.05, 0) is 12.8 Å². The van der Waals surface area contributed by atoms with E-state index in [-0.39, 0.29) is 0 Å². The lowest BCUT2D eigenvalue weighted by molar-refractivity contribution is -0.432. The average molecular weight is 158 g/mol. The fraction of sp³-hybridized carbons (Fsp3) is 1.00. The van der Waals surface area contributed by atoms with E-state index < -0.39 is 0 Å². The van der Waals surface area contributed by atoms with Crippen molar-refractivity contribution in [1.29, 1.82) is 0 Å². The molecule has 11 heavy (non-hydrogen) atoms. The second kappa shape index (κ2) is 6.66. The quantitative estimate of drug-likeness (QED) is 0.574. The molecule has 0 rings (SSSR count). The zero-order valence-electron chi connectivity index (χ0n) is 8.40. The molecule has 0 amide bonds. The van der Waals surface area contributed by atoms with Crippen LogP contribution in [0.5, 0.6) is 0 Å². The summed E-state index contributed by atoms with van der Waals surface area (Å²) >= 11 is 0. The normalized spacial score (nSPS) is 13.9. The molecule has 0 saturated heterocycles. The van der Waals surface area contributed by atoms with Crippen LogP contribution in [-0.4, -0.2) is 6.04 Å². The van der Waals surface area contributed by atoms with Crippen LogP contribution in [0, 0.1) is 5.92 Å². The maximum Gasteiger partial charge on any atom is 0.0866 e. The van der Waals surface area contributed by atoms with E-state index in [2.05, 4.69) is 26.5 Å². The molecule has 1 unspecified atom stereocenters. The van der Waals surface area contributed by atoms with Crippen LogP contribution in [0.25, 0.3) is 0 Å². The highest BCUT2D eigenvalue weighted by molar-refractivity contribution is 4.57. The molecule has 3 N–H and O–H groups in total. The van der Waals surface area contributed by atoms with Gasteiger partial charge in [0.2, 0.25) is 0 Å². The summed E-state index contributed by atoms with van der Waals surface area (Å²) in [5, 5.41) is 0. The van der Waals surface area contributed by atoms with E-state index in [1.807, 2.05) is 0 Å². The Balaban J connectivity index is 3.10. The minimum Gasteiger partial charge on any atom is -0.355 e. The molecule has 1 nitrogen and oxygen atoms in total. The van der Waals surface area contributed by atoms with Crippen LogP contribution >= 0.6 is 0 Å². The Morgan fingerprint density at radius 2 is 1.73 bits per heavy atom. The zero-order chi connectivity index (χ0) is 8.69. The van der Waals surface area contributed by atoms with Crippen molar-refractivity contribution in [2.24, 2.45) is 5.92 Å². The van der Waals surface area contributed by atoms with Gasteiger partial charge in [-0.1, -0.05) is 40.0 Å². The average Bonchev–Trinajstić information content (AvgIpc) is 1.97. The predicted octanol–water partition coefficient (Wildman–Crippen LogP) is 2.22. The van der Waals surface area contributed by atoms with Crippen molar-refractivity contribution in [2.45, 2.75) is 58.9 Å². The van der Waals surface area contributed by atoms with Gasteiger partial charge in [-0.15, -0.1) is 0 Å². The number of rotatable bonds is 6. The number of hydrogen-bond acceptors (Lipinski definition) is 0. The van der Waals surface area contributed by atoms with E-state index in [4.69, 9.17) is 0 Å². The van der Waals surface area contributed by atoms with Gasteiger partial charge in [-0.2, -0.15) is 0 Å². The summed E-state index contributed by atoms with van der Waals surface area (Å²) in [6.45, 7) is 6.78. The van der Waals surface area contributed by atoms with Gasteiger partial charge in [0.25, 0.3) is 0 Å². The van der Waals surface area contributed by atoms with Crippen LogP contribution in [0.4, 0.5) is 0 Å². The van der Waals surface area contributed by atoms with Crippen LogP contribution in [0.3, 0.4) is 0 Å². The molecule has 0 aromatic carbocycles. The Kier molecular flexibility index (Phi) is 6.63. The first kappa shape index (κ1) is 11.0. The minimum absolute atomic E-state index is 0.673. The SMILES string of the molecule is CCCCCCC([NH3+])C(C)C. The Morgan fingerprint density at radius 1 is 1.09 bits per heavy atom. The third kappa shape index (κ3) is 6.36. The van der Waals surface area contributed by atoms with Gasteiger partial charge in [0.05, 0.1) is 6.04 Å². The van der Waals surface area contributed by atoms with Crippen molar-refractivity contribution >= 4 is 0 Å².